The number of unbranched alkanes of at least 4 members (excludes halogenated alkanes) is 1. The number of hydrogen-bond acceptors (Lipinski definition) is 8. The molecule has 12 nitrogen and oxygen atoms in total. The van der Waals surface area contributed by atoms with E-state index < -0.39 is 60.6 Å². The molecule has 5 unspecified atom stereocenters. The normalized spacial score (nSPS) is 16.1. The van der Waals surface area contributed by atoms with Gasteiger partial charge in [0.2, 0.25) is 17.7 Å². The molecule has 0 aliphatic heterocycles. The Labute approximate surface area is 175 Å². The summed E-state index contributed by atoms with van der Waals surface area (Å²) in [6, 6.07) is -5.04. The number of nitrogens with one attached hydrogen (secondary N) is 3. The maximum absolute atomic E-state index is 12.5. The van der Waals surface area contributed by atoms with E-state index in [-0.39, 0.29) is 12.3 Å². The van der Waals surface area contributed by atoms with E-state index in [1.807, 2.05) is 0 Å². The molecule has 30 heavy (non-hydrogen) atoms. The van der Waals surface area contributed by atoms with Crippen LogP contribution in [0.3, 0.4) is 0 Å². The number of aliphatic carboxylic acids is 1. The molecule has 5 atom stereocenters. The molecule has 0 radical (unpaired) electrons. The summed E-state index contributed by atoms with van der Waals surface area (Å²) in [4.78, 5) is 48.2. The number of rotatable bonds is 14. The summed E-state index contributed by atoms with van der Waals surface area (Å²) in [5.41, 5.74) is 11.1. The minimum atomic E-state index is -1.50. The average molecular weight is 434 g/mol. The SMILES string of the molecule is CC(C)C(N)C(=O)NC(CO)C(=O)NC(C(=O)NC(CCCCN)C(=O)O)C(C)O. The van der Waals surface area contributed by atoms with Crippen molar-refractivity contribution in [3.8, 4) is 0 Å². The first kappa shape index (κ1) is 27.7. The quantitative estimate of drug-likeness (QED) is 0.131. The summed E-state index contributed by atoms with van der Waals surface area (Å²) in [5, 5.41) is 35.3. The zero-order chi connectivity index (χ0) is 23.4. The van der Waals surface area contributed by atoms with Gasteiger partial charge in [-0.1, -0.05) is 13.8 Å². The zero-order valence-corrected chi connectivity index (χ0v) is 17.6. The Morgan fingerprint density at radius 3 is 1.90 bits per heavy atom. The largest absolute Gasteiger partial charge is 0.480 e. The van der Waals surface area contributed by atoms with Gasteiger partial charge in [-0.3, -0.25) is 14.4 Å². The highest BCUT2D eigenvalue weighted by molar-refractivity contribution is 5.94. The summed E-state index contributed by atoms with van der Waals surface area (Å²) in [6.45, 7) is 4.25. The fourth-order valence-corrected chi connectivity index (χ4v) is 2.44. The number of carboxylic acids is 1. The van der Waals surface area contributed by atoms with Crippen molar-refractivity contribution < 1.29 is 34.5 Å². The van der Waals surface area contributed by atoms with E-state index in [4.69, 9.17) is 11.5 Å². The minimum Gasteiger partial charge on any atom is -0.480 e. The fourth-order valence-electron chi connectivity index (χ4n) is 2.44. The highest BCUT2D eigenvalue weighted by Crippen LogP contribution is 2.04. The molecule has 0 aromatic carbocycles. The first-order valence-electron chi connectivity index (χ1n) is 9.84. The number of amides is 3. The lowest BCUT2D eigenvalue weighted by molar-refractivity contribution is -0.143. The predicted octanol–water partition coefficient (Wildman–Crippen LogP) is -2.99. The van der Waals surface area contributed by atoms with Crippen molar-refractivity contribution in [3.05, 3.63) is 0 Å². The lowest BCUT2D eigenvalue weighted by Crippen LogP contribution is -2.60. The molecule has 0 aromatic heterocycles. The molecule has 0 aliphatic carbocycles. The minimum absolute atomic E-state index is 0.126. The molecule has 0 aliphatic rings. The first-order valence-corrected chi connectivity index (χ1v) is 9.84. The third-order valence-electron chi connectivity index (χ3n) is 4.46. The van der Waals surface area contributed by atoms with Crippen molar-refractivity contribution in [3.63, 3.8) is 0 Å². The van der Waals surface area contributed by atoms with E-state index in [1.54, 1.807) is 13.8 Å². The van der Waals surface area contributed by atoms with Gasteiger partial charge in [0, 0.05) is 0 Å². The molecule has 0 bridgehead atoms. The van der Waals surface area contributed by atoms with E-state index in [1.165, 1.54) is 6.92 Å². The van der Waals surface area contributed by atoms with E-state index in [0.29, 0.717) is 19.4 Å². The topological polar surface area (TPSA) is 217 Å². The number of carbonyl (C=O) groups is 4. The lowest BCUT2D eigenvalue weighted by Gasteiger charge is -2.26. The van der Waals surface area contributed by atoms with Crippen molar-refractivity contribution in [2.24, 2.45) is 17.4 Å². The lowest BCUT2D eigenvalue weighted by atomic mass is 10.0. The third kappa shape index (κ3) is 9.48. The molecule has 3 amide bonds. The highest BCUT2D eigenvalue weighted by atomic mass is 16.4. The number of aliphatic hydroxyl groups is 2. The van der Waals surface area contributed by atoms with Crippen molar-refractivity contribution in [1.82, 2.24) is 16.0 Å². The summed E-state index contributed by atoms with van der Waals surface area (Å²) in [5.74, 6) is -3.99. The van der Waals surface area contributed by atoms with E-state index >= 15 is 0 Å². The van der Waals surface area contributed by atoms with Crippen molar-refractivity contribution in [1.29, 1.82) is 0 Å². The molecular weight excluding hydrogens is 398 g/mol. The van der Waals surface area contributed by atoms with Crippen LogP contribution < -0.4 is 27.4 Å². The molecule has 0 rings (SSSR count). The van der Waals surface area contributed by atoms with E-state index in [0.717, 1.165) is 0 Å². The highest BCUT2D eigenvalue weighted by Gasteiger charge is 2.32. The Balaban J connectivity index is 5.13. The van der Waals surface area contributed by atoms with Gasteiger partial charge >= 0.3 is 5.97 Å². The first-order chi connectivity index (χ1) is 14.0. The molecule has 10 N–H and O–H groups in total. The predicted molar refractivity (Wildman–Crippen MR) is 108 cm³/mol. The standard InChI is InChI=1S/C18H35N5O7/c1-9(2)13(20)16(27)22-12(8-24)15(26)23-14(10(3)25)17(28)21-11(18(29)30)6-4-5-7-19/h9-14,24-25H,4-8,19-20H2,1-3H3,(H,21,28)(H,22,27)(H,23,26)(H,29,30). The van der Waals surface area contributed by atoms with Crippen LogP contribution in [0.2, 0.25) is 0 Å². The maximum Gasteiger partial charge on any atom is 0.326 e. The number of carboxylic acid groups (broad SMARTS) is 1. The van der Waals surface area contributed by atoms with Gasteiger partial charge < -0.3 is 42.7 Å². The van der Waals surface area contributed by atoms with Gasteiger partial charge in [0.15, 0.2) is 0 Å². The van der Waals surface area contributed by atoms with Crippen LogP contribution in [0.1, 0.15) is 40.0 Å². The molecule has 0 fully saturated rings. The van der Waals surface area contributed by atoms with Crippen LogP contribution in [0.25, 0.3) is 0 Å². The van der Waals surface area contributed by atoms with Crippen molar-refractivity contribution in [2.75, 3.05) is 13.2 Å². The number of nitrogens with two attached hydrogens (primary N) is 2. The number of aliphatic hydroxyl groups excluding tert-OH is 2. The second-order valence-electron chi connectivity index (χ2n) is 7.42. The van der Waals surface area contributed by atoms with Gasteiger partial charge in [-0.15, -0.1) is 0 Å². The third-order valence-corrected chi connectivity index (χ3v) is 4.46. The van der Waals surface area contributed by atoms with Gasteiger partial charge in [0.1, 0.15) is 18.1 Å². The Morgan fingerprint density at radius 2 is 1.47 bits per heavy atom. The second-order valence-corrected chi connectivity index (χ2v) is 7.42. The van der Waals surface area contributed by atoms with Crippen LogP contribution in [0.5, 0.6) is 0 Å². The Kier molecular flexibility index (Phi) is 12.8. The summed E-state index contributed by atoms with van der Waals surface area (Å²) < 4.78 is 0. The molecule has 12 heteroatoms. The van der Waals surface area contributed by atoms with Crippen molar-refractivity contribution >= 4 is 23.7 Å². The molecule has 0 spiro atoms. The zero-order valence-electron chi connectivity index (χ0n) is 17.6. The molecule has 174 valence electrons. The van der Waals surface area contributed by atoms with Crippen LogP contribution in [-0.2, 0) is 19.2 Å². The second kappa shape index (κ2) is 13.9. The Hall–Kier alpha value is -2.28. The molecule has 0 saturated carbocycles. The average Bonchev–Trinajstić information content (AvgIpc) is 2.67. The Bertz CT molecular complexity index is 585. The smallest absolute Gasteiger partial charge is 0.326 e. The molecular formula is C18H35N5O7. The van der Waals surface area contributed by atoms with Crippen LogP contribution >= 0.6 is 0 Å². The van der Waals surface area contributed by atoms with Gasteiger partial charge in [-0.05, 0) is 38.6 Å². The van der Waals surface area contributed by atoms with Gasteiger partial charge in [0.25, 0.3) is 0 Å². The Morgan fingerprint density at radius 1 is 0.900 bits per heavy atom. The van der Waals surface area contributed by atoms with E-state index in [9.17, 15) is 34.5 Å². The number of hydrogen-bond donors (Lipinski definition) is 8. The maximum atomic E-state index is 12.5. The number of carbonyl (C=O) groups excluding carboxylic acids is 3. The summed E-state index contributed by atoms with van der Waals surface area (Å²) in [6.07, 6.45) is -0.206. The van der Waals surface area contributed by atoms with Crippen LogP contribution in [0.4, 0.5) is 0 Å². The van der Waals surface area contributed by atoms with Gasteiger partial charge in [-0.2, -0.15) is 0 Å². The monoisotopic (exact) mass is 433 g/mol. The molecule has 0 heterocycles. The van der Waals surface area contributed by atoms with Crippen LogP contribution in [0, 0.1) is 5.92 Å². The van der Waals surface area contributed by atoms with Crippen LogP contribution in [-0.4, -0.2) is 82.4 Å². The van der Waals surface area contributed by atoms with Crippen molar-refractivity contribution in [2.45, 2.75) is 70.3 Å². The summed E-state index contributed by atoms with van der Waals surface area (Å²) >= 11 is 0. The van der Waals surface area contributed by atoms with Gasteiger partial charge in [0.05, 0.1) is 18.8 Å². The van der Waals surface area contributed by atoms with Gasteiger partial charge in [-0.25, -0.2) is 4.79 Å². The fraction of sp³-hybridized carbons (Fsp3) is 0.778. The van der Waals surface area contributed by atoms with E-state index in [2.05, 4.69) is 16.0 Å². The molecule has 0 saturated heterocycles. The molecule has 0 aromatic rings. The van der Waals surface area contributed by atoms with Crippen LogP contribution in [0.15, 0.2) is 0 Å². The summed E-state index contributed by atoms with van der Waals surface area (Å²) in [7, 11) is 0.